The number of allylic oxidation sites excluding steroid dienone is 1. The number of hydrogen-bond donors (Lipinski definition) is 1. The van der Waals surface area contributed by atoms with E-state index in [2.05, 4.69) is 28.2 Å². The van der Waals surface area contributed by atoms with Crippen molar-refractivity contribution in [2.45, 2.75) is 12.8 Å². The van der Waals surface area contributed by atoms with Crippen molar-refractivity contribution in [3.8, 4) is 0 Å². The molecule has 1 aromatic heterocycles. The average molecular weight is 267 g/mol. The molecular weight excluding hydrogens is 255 g/mol. The minimum absolute atomic E-state index is 0. The Morgan fingerprint density at radius 2 is 2.18 bits per heavy atom. The van der Waals surface area contributed by atoms with Crippen molar-refractivity contribution in [2.75, 3.05) is 0 Å². The highest BCUT2D eigenvalue weighted by Gasteiger charge is 2.16. The molecule has 0 bridgehead atoms. The number of imidazole rings is 1. The van der Waals surface area contributed by atoms with Crippen LogP contribution in [0.5, 0.6) is 0 Å². The lowest BCUT2D eigenvalue weighted by Crippen LogP contribution is -1.80. The van der Waals surface area contributed by atoms with E-state index in [1.807, 2.05) is 12.3 Å². The average Bonchev–Trinajstić information content (AvgIpc) is 2.89. The number of halogens is 2. The van der Waals surface area contributed by atoms with Crippen molar-refractivity contribution in [3.05, 3.63) is 52.6 Å². The Balaban J connectivity index is 0.00000108. The van der Waals surface area contributed by atoms with Crippen molar-refractivity contribution in [2.24, 2.45) is 0 Å². The van der Waals surface area contributed by atoms with Crippen molar-refractivity contribution >= 4 is 35.7 Å². The number of nitrogens with zero attached hydrogens (tertiary/aromatic N) is 1. The van der Waals surface area contributed by atoms with E-state index in [9.17, 15) is 0 Å². The van der Waals surface area contributed by atoms with Crippen molar-refractivity contribution in [3.63, 3.8) is 0 Å². The second-order valence-electron chi connectivity index (χ2n) is 3.98. The summed E-state index contributed by atoms with van der Waals surface area (Å²) in [5, 5.41) is 0.821. The number of nitrogens with one attached hydrogen (secondary N) is 1. The van der Waals surface area contributed by atoms with Crippen LogP contribution >= 0.6 is 24.0 Å². The van der Waals surface area contributed by atoms with Gasteiger partial charge >= 0.3 is 0 Å². The zero-order valence-corrected chi connectivity index (χ0v) is 10.7. The molecule has 1 heterocycles. The molecule has 3 rings (SSSR count). The molecular formula is C13H12Cl2N2. The summed E-state index contributed by atoms with van der Waals surface area (Å²) in [5.41, 5.74) is 5.07. The van der Waals surface area contributed by atoms with E-state index in [4.69, 9.17) is 11.6 Å². The Kier molecular flexibility index (Phi) is 3.55. The highest BCUT2D eigenvalue weighted by molar-refractivity contribution is 6.30. The third kappa shape index (κ3) is 2.38. The van der Waals surface area contributed by atoms with Crippen molar-refractivity contribution < 1.29 is 0 Å². The Morgan fingerprint density at radius 3 is 2.94 bits per heavy atom. The van der Waals surface area contributed by atoms with Gasteiger partial charge in [0, 0.05) is 5.02 Å². The van der Waals surface area contributed by atoms with E-state index in [1.54, 1.807) is 6.33 Å². The standard InChI is InChI=1S/C13H11ClN2.ClH/c14-11-3-4-13-9(5-11)1-2-10(13)6-12-7-15-8-16-12;/h3-8H,1-2H2,(H,15,16);1H/b10-6-;. The van der Waals surface area contributed by atoms with Gasteiger partial charge in [-0.05, 0) is 47.8 Å². The fourth-order valence-corrected chi connectivity index (χ4v) is 2.36. The topological polar surface area (TPSA) is 28.7 Å². The molecule has 1 N–H and O–H groups in total. The van der Waals surface area contributed by atoms with Crippen LogP contribution in [0.2, 0.25) is 5.02 Å². The molecule has 1 aromatic carbocycles. The first-order valence-corrected chi connectivity index (χ1v) is 5.68. The molecule has 0 saturated carbocycles. The first-order valence-electron chi connectivity index (χ1n) is 5.31. The predicted octanol–water partition coefficient (Wildman–Crippen LogP) is 3.97. The molecule has 0 radical (unpaired) electrons. The van der Waals surface area contributed by atoms with E-state index in [0.717, 1.165) is 23.6 Å². The summed E-state index contributed by atoms with van der Waals surface area (Å²) in [6.45, 7) is 0. The smallest absolute Gasteiger partial charge is 0.0924 e. The first kappa shape index (κ1) is 12.2. The van der Waals surface area contributed by atoms with Gasteiger partial charge in [-0.3, -0.25) is 0 Å². The summed E-state index contributed by atoms with van der Waals surface area (Å²) in [7, 11) is 0. The largest absolute Gasteiger partial charge is 0.345 e. The SMILES string of the molecule is Cl.Clc1ccc2c(c1)CC/C2=C/c1cnc[nH]1. The molecule has 1 aliphatic carbocycles. The van der Waals surface area contributed by atoms with Crippen LogP contribution in [0.15, 0.2) is 30.7 Å². The number of benzene rings is 1. The maximum Gasteiger partial charge on any atom is 0.0924 e. The van der Waals surface area contributed by atoms with E-state index < -0.39 is 0 Å². The van der Waals surface area contributed by atoms with Gasteiger partial charge in [-0.15, -0.1) is 12.4 Å². The first-order chi connectivity index (χ1) is 7.83. The lowest BCUT2D eigenvalue weighted by Gasteiger charge is -2.00. The van der Waals surface area contributed by atoms with Crippen LogP contribution < -0.4 is 0 Å². The van der Waals surface area contributed by atoms with Gasteiger partial charge in [0.25, 0.3) is 0 Å². The zero-order valence-electron chi connectivity index (χ0n) is 9.11. The van der Waals surface area contributed by atoms with E-state index >= 15 is 0 Å². The molecule has 17 heavy (non-hydrogen) atoms. The summed E-state index contributed by atoms with van der Waals surface area (Å²) in [6, 6.07) is 6.12. The second-order valence-corrected chi connectivity index (χ2v) is 4.41. The fraction of sp³-hybridized carbons (Fsp3) is 0.154. The van der Waals surface area contributed by atoms with Gasteiger partial charge in [-0.2, -0.15) is 0 Å². The number of hydrogen-bond acceptors (Lipinski definition) is 1. The maximum atomic E-state index is 5.98. The van der Waals surface area contributed by atoms with Gasteiger partial charge in [-0.1, -0.05) is 17.7 Å². The monoisotopic (exact) mass is 266 g/mol. The lowest BCUT2D eigenvalue weighted by atomic mass is 10.1. The van der Waals surface area contributed by atoms with Crippen molar-refractivity contribution in [1.29, 1.82) is 0 Å². The normalized spacial score (nSPS) is 15.7. The third-order valence-corrected chi connectivity index (χ3v) is 3.16. The van der Waals surface area contributed by atoms with E-state index in [0.29, 0.717) is 0 Å². The molecule has 88 valence electrons. The molecule has 0 amide bonds. The molecule has 2 aromatic rings. The molecule has 0 fully saturated rings. The Bertz CT molecular complexity index is 545. The molecule has 0 aliphatic heterocycles. The van der Waals surface area contributed by atoms with Crippen LogP contribution in [0.1, 0.15) is 23.2 Å². The second kappa shape index (κ2) is 4.94. The summed E-state index contributed by atoms with van der Waals surface area (Å²) in [4.78, 5) is 7.11. The quantitative estimate of drug-likeness (QED) is 0.832. The highest BCUT2D eigenvalue weighted by Crippen LogP contribution is 2.34. The van der Waals surface area contributed by atoms with Crippen LogP contribution in [0.3, 0.4) is 0 Å². The van der Waals surface area contributed by atoms with Gasteiger partial charge < -0.3 is 4.98 Å². The summed E-state index contributed by atoms with van der Waals surface area (Å²) in [5.74, 6) is 0. The molecule has 0 spiro atoms. The minimum Gasteiger partial charge on any atom is -0.345 e. The Hall–Kier alpha value is -1.25. The molecule has 1 aliphatic rings. The minimum atomic E-state index is 0. The number of aromatic amines is 1. The summed E-state index contributed by atoms with van der Waals surface area (Å²) < 4.78 is 0. The van der Waals surface area contributed by atoms with Gasteiger partial charge in [0.05, 0.1) is 18.2 Å². The van der Waals surface area contributed by atoms with Crippen LogP contribution in [-0.2, 0) is 6.42 Å². The molecule has 2 nitrogen and oxygen atoms in total. The number of aryl methyl sites for hydroxylation is 1. The molecule has 4 heteroatoms. The van der Waals surface area contributed by atoms with Crippen LogP contribution in [0, 0.1) is 0 Å². The van der Waals surface area contributed by atoms with Crippen LogP contribution in [0.4, 0.5) is 0 Å². The summed E-state index contributed by atoms with van der Waals surface area (Å²) in [6.07, 6.45) is 7.85. The number of H-pyrrole nitrogens is 1. The van der Waals surface area contributed by atoms with E-state index in [-0.39, 0.29) is 12.4 Å². The molecule has 0 saturated heterocycles. The van der Waals surface area contributed by atoms with Gasteiger partial charge in [0.2, 0.25) is 0 Å². The summed E-state index contributed by atoms with van der Waals surface area (Å²) >= 11 is 5.98. The zero-order chi connectivity index (χ0) is 11.0. The van der Waals surface area contributed by atoms with Gasteiger partial charge in [0.15, 0.2) is 0 Å². The van der Waals surface area contributed by atoms with Crippen LogP contribution in [0.25, 0.3) is 11.6 Å². The maximum absolute atomic E-state index is 5.98. The van der Waals surface area contributed by atoms with Gasteiger partial charge in [-0.25, -0.2) is 4.98 Å². The predicted molar refractivity (Wildman–Crippen MR) is 73.5 cm³/mol. The van der Waals surface area contributed by atoms with E-state index in [1.165, 1.54) is 16.7 Å². The Labute approximate surface area is 111 Å². The Morgan fingerprint density at radius 1 is 1.29 bits per heavy atom. The highest BCUT2D eigenvalue weighted by atomic mass is 35.5. The molecule has 0 atom stereocenters. The van der Waals surface area contributed by atoms with Gasteiger partial charge in [0.1, 0.15) is 0 Å². The number of fused-ring (bicyclic) bond motifs is 1. The lowest BCUT2D eigenvalue weighted by molar-refractivity contribution is 1.08. The third-order valence-electron chi connectivity index (χ3n) is 2.93. The number of aromatic nitrogens is 2. The fourth-order valence-electron chi connectivity index (χ4n) is 2.17. The molecule has 0 unspecified atom stereocenters. The van der Waals surface area contributed by atoms with Crippen LogP contribution in [-0.4, -0.2) is 9.97 Å². The number of rotatable bonds is 1. The van der Waals surface area contributed by atoms with Crippen molar-refractivity contribution in [1.82, 2.24) is 9.97 Å².